The first-order chi connectivity index (χ1) is 23.0. The lowest BCUT2D eigenvalue weighted by molar-refractivity contribution is -0.137. The molecule has 0 bridgehead atoms. The first kappa shape index (κ1) is 35.0. The standard InChI is InChI=1S/C39H45NO7/c1-44-39(43)34-20-16-31(17-21-34)29-40(25-8-7-15-38(41)42)26-24-33-11-5-6-14-37(33)47-30-32-18-22-36(23-19-32)46-28-10-9-27-45-35-12-3-2-4-13-35/h2-6,11-14,16-23H,7-10,15,24-30H2,1H3,(H,41,42). The maximum atomic E-state index is 11.8. The van der Waals surface area contributed by atoms with Gasteiger partial charge < -0.3 is 24.1 Å². The molecule has 47 heavy (non-hydrogen) atoms. The second-order valence-corrected chi connectivity index (χ2v) is 11.3. The molecule has 4 aromatic rings. The molecule has 0 atom stereocenters. The zero-order valence-electron chi connectivity index (χ0n) is 27.1. The van der Waals surface area contributed by atoms with Crippen LogP contribution in [0.5, 0.6) is 17.2 Å². The Bertz CT molecular complexity index is 1490. The van der Waals surface area contributed by atoms with Crippen LogP contribution < -0.4 is 14.2 Å². The average Bonchev–Trinajstić information content (AvgIpc) is 3.10. The molecule has 0 radical (unpaired) electrons. The van der Waals surface area contributed by atoms with E-state index in [0.29, 0.717) is 38.3 Å². The highest BCUT2D eigenvalue weighted by Crippen LogP contribution is 2.22. The van der Waals surface area contributed by atoms with E-state index in [2.05, 4.69) is 11.0 Å². The predicted octanol–water partition coefficient (Wildman–Crippen LogP) is 7.59. The summed E-state index contributed by atoms with van der Waals surface area (Å²) in [5.74, 6) is 1.44. The number of benzene rings is 4. The first-order valence-electron chi connectivity index (χ1n) is 16.2. The van der Waals surface area contributed by atoms with Crippen LogP contribution in [0.4, 0.5) is 0 Å². The number of methoxy groups -OCH3 is 1. The van der Waals surface area contributed by atoms with E-state index in [0.717, 1.165) is 72.7 Å². The van der Waals surface area contributed by atoms with Gasteiger partial charge >= 0.3 is 11.9 Å². The molecular weight excluding hydrogens is 594 g/mol. The molecule has 0 saturated heterocycles. The van der Waals surface area contributed by atoms with Crippen molar-refractivity contribution in [3.05, 3.63) is 125 Å². The fourth-order valence-electron chi connectivity index (χ4n) is 5.08. The molecule has 0 unspecified atom stereocenters. The van der Waals surface area contributed by atoms with E-state index in [-0.39, 0.29) is 12.4 Å². The number of unbranched alkanes of at least 4 members (excludes halogenated alkanes) is 2. The molecule has 8 nitrogen and oxygen atoms in total. The minimum atomic E-state index is -0.774. The third kappa shape index (κ3) is 12.8. The molecule has 248 valence electrons. The van der Waals surface area contributed by atoms with Gasteiger partial charge in [-0.3, -0.25) is 9.69 Å². The van der Waals surface area contributed by atoms with Gasteiger partial charge in [-0.2, -0.15) is 0 Å². The Morgan fingerprint density at radius 2 is 1.30 bits per heavy atom. The van der Waals surface area contributed by atoms with Crippen LogP contribution >= 0.6 is 0 Å². The van der Waals surface area contributed by atoms with Gasteiger partial charge in [-0.05, 0) is 97.8 Å². The van der Waals surface area contributed by atoms with Gasteiger partial charge in [0.15, 0.2) is 0 Å². The number of carbonyl (C=O) groups excluding carboxylic acids is 1. The highest BCUT2D eigenvalue weighted by molar-refractivity contribution is 5.89. The minimum absolute atomic E-state index is 0.163. The molecule has 0 amide bonds. The SMILES string of the molecule is COC(=O)c1ccc(CN(CCCCC(=O)O)CCc2ccccc2OCc2ccc(OCCCCOc3ccccc3)cc2)cc1. The number of ether oxygens (including phenoxy) is 4. The van der Waals surface area contributed by atoms with Crippen LogP contribution in [0, 0.1) is 0 Å². The van der Waals surface area contributed by atoms with Crippen LogP contribution in [0.25, 0.3) is 0 Å². The summed E-state index contributed by atoms with van der Waals surface area (Å²) in [5.41, 5.74) is 3.75. The van der Waals surface area contributed by atoms with Crippen LogP contribution in [0.1, 0.15) is 59.2 Å². The number of carboxylic acids is 1. The molecule has 0 saturated carbocycles. The van der Waals surface area contributed by atoms with Crippen molar-refractivity contribution < 1.29 is 33.6 Å². The van der Waals surface area contributed by atoms with Crippen molar-refractivity contribution in [3.8, 4) is 17.2 Å². The quantitative estimate of drug-likeness (QED) is 0.0736. The van der Waals surface area contributed by atoms with Gasteiger partial charge in [-0.1, -0.05) is 60.7 Å². The molecule has 4 aromatic carbocycles. The Kier molecular flexibility index (Phi) is 14.6. The van der Waals surface area contributed by atoms with Gasteiger partial charge in [0.05, 0.1) is 25.9 Å². The van der Waals surface area contributed by atoms with Crippen molar-refractivity contribution in [3.63, 3.8) is 0 Å². The van der Waals surface area contributed by atoms with E-state index < -0.39 is 5.97 Å². The summed E-state index contributed by atoms with van der Waals surface area (Å²) in [4.78, 5) is 25.2. The summed E-state index contributed by atoms with van der Waals surface area (Å²) in [6.45, 7) is 3.98. The van der Waals surface area contributed by atoms with E-state index in [1.807, 2.05) is 84.9 Å². The second-order valence-electron chi connectivity index (χ2n) is 11.3. The van der Waals surface area contributed by atoms with Gasteiger partial charge in [-0.25, -0.2) is 4.79 Å². The molecule has 4 rings (SSSR count). The van der Waals surface area contributed by atoms with Crippen molar-refractivity contribution in [1.29, 1.82) is 0 Å². The van der Waals surface area contributed by atoms with Crippen molar-refractivity contribution >= 4 is 11.9 Å². The Labute approximate surface area is 277 Å². The number of esters is 1. The van der Waals surface area contributed by atoms with Crippen molar-refractivity contribution in [2.24, 2.45) is 0 Å². The van der Waals surface area contributed by atoms with E-state index in [1.165, 1.54) is 7.11 Å². The van der Waals surface area contributed by atoms with Crippen molar-refractivity contribution in [1.82, 2.24) is 4.90 Å². The summed E-state index contributed by atoms with van der Waals surface area (Å²) in [6.07, 6.45) is 4.19. The van der Waals surface area contributed by atoms with E-state index in [9.17, 15) is 9.59 Å². The lowest BCUT2D eigenvalue weighted by Crippen LogP contribution is -2.27. The maximum Gasteiger partial charge on any atom is 0.337 e. The third-order valence-corrected chi connectivity index (χ3v) is 7.70. The highest BCUT2D eigenvalue weighted by atomic mass is 16.5. The summed E-state index contributed by atoms with van der Waals surface area (Å²) < 4.78 is 22.7. The number of hydrogen-bond acceptors (Lipinski definition) is 7. The topological polar surface area (TPSA) is 94.5 Å². The van der Waals surface area contributed by atoms with Gasteiger partial charge in [0.2, 0.25) is 0 Å². The molecule has 8 heteroatoms. The normalized spacial score (nSPS) is 10.9. The summed E-state index contributed by atoms with van der Waals surface area (Å²) in [6, 6.07) is 33.3. The summed E-state index contributed by atoms with van der Waals surface area (Å²) in [5, 5.41) is 9.05. The molecule has 1 N–H and O–H groups in total. The molecule has 0 aliphatic heterocycles. The van der Waals surface area contributed by atoms with Crippen LogP contribution in [-0.4, -0.2) is 55.4 Å². The number of hydrogen-bond donors (Lipinski definition) is 1. The fourth-order valence-corrected chi connectivity index (χ4v) is 5.08. The number of para-hydroxylation sites is 2. The van der Waals surface area contributed by atoms with Crippen molar-refractivity contribution in [2.45, 2.75) is 51.7 Å². The van der Waals surface area contributed by atoms with E-state index in [1.54, 1.807) is 12.1 Å². The fraction of sp³-hybridized carbons (Fsp3) is 0.333. The predicted molar refractivity (Wildman–Crippen MR) is 182 cm³/mol. The molecular formula is C39H45NO7. The minimum Gasteiger partial charge on any atom is -0.494 e. The summed E-state index contributed by atoms with van der Waals surface area (Å²) in [7, 11) is 1.37. The Hall–Kier alpha value is -4.82. The van der Waals surface area contributed by atoms with Gasteiger partial charge in [0, 0.05) is 19.5 Å². The average molecular weight is 640 g/mol. The van der Waals surface area contributed by atoms with E-state index in [4.69, 9.17) is 24.1 Å². The number of aliphatic carboxylic acids is 1. The maximum absolute atomic E-state index is 11.8. The Morgan fingerprint density at radius 1 is 0.660 bits per heavy atom. The van der Waals surface area contributed by atoms with Crippen LogP contribution in [0.3, 0.4) is 0 Å². The van der Waals surface area contributed by atoms with Gasteiger partial charge in [0.25, 0.3) is 0 Å². The van der Waals surface area contributed by atoms with Crippen molar-refractivity contribution in [2.75, 3.05) is 33.4 Å². The smallest absolute Gasteiger partial charge is 0.337 e. The number of rotatable bonds is 21. The number of carboxylic acid groups (broad SMARTS) is 1. The largest absolute Gasteiger partial charge is 0.494 e. The lowest BCUT2D eigenvalue weighted by Gasteiger charge is -2.23. The molecule has 0 spiro atoms. The highest BCUT2D eigenvalue weighted by Gasteiger charge is 2.12. The number of carbonyl (C=O) groups is 2. The van der Waals surface area contributed by atoms with E-state index >= 15 is 0 Å². The zero-order valence-corrected chi connectivity index (χ0v) is 27.1. The molecule has 0 heterocycles. The first-order valence-corrected chi connectivity index (χ1v) is 16.2. The molecule has 0 aliphatic rings. The lowest BCUT2D eigenvalue weighted by atomic mass is 10.1. The summed E-state index contributed by atoms with van der Waals surface area (Å²) >= 11 is 0. The third-order valence-electron chi connectivity index (χ3n) is 7.70. The molecule has 0 aromatic heterocycles. The van der Waals surface area contributed by atoms with Crippen LogP contribution in [-0.2, 0) is 29.1 Å². The molecule has 0 aliphatic carbocycles. The van der Waals surface area contributed by atoms with Gasteiger partial charge in [0.1, 0.15) is 23.9 Å². The Morgan fingerprint density at radius 3 is 1.98 bits per heavy atom. The zero-order chi connectivity index (χ0) is 33.1. The number of nitrogens with zero attached hydrogens (tertiary/aromatic N) is 1. The Balaban J connectivity index is 1.24. The van der Waals surface area contributed by atoms with Crippen LogP contribution in [0.2, 0.25) is 0 Å². The molecule has 0 fully saturated rings. The van der Waals surface area contributed by atoms with Crippen LogP contribution in [0.15, 0.2) is 103 Å². The van der Waals surface area contributed by atoms with Gasteiger partial charge in [-0.15, -0.1) is 0 Å². The second kappa shape index (κ2) is 19.6. The monoisotopic (exact) mass is 639 g/mol.